The fraction of sp³-hybridized carbons (Fsp3) is 0.316. The molecular formula is C19H19ClN2O3S. The van der Waals surface area contributed by atoms with Gasteiger partial charge >= 0.3 is 5.97 Å². The third kappa shape index (κ3) is 2.83. The maximum atomic E-state index is 13.4. The highest BCUT2D eigenvalue weighted by atomic mass is 35.5. The minimum atomic E-state index is -1.39. The minimum absolute atomic E-state index is 0.325. The summed E-state index contributed by atoms with van der Waals surface area (Å²) in [6.45, 7) is 6.84. The Kier molecular flexibility index (Phi) is 4.67. The van der Waals surface area contributed by atoms with E-state index in [1.807, 2.05) is 26.0 Å². The van der Waals surface area contributed by atoms with Crippen molar-refractivity contribution in [1.29, 1.82) is 0 Å². The van der Waals surface area contributed by atoms with Gasteiger partial charge in [-0.2, -0.15) is 0 Å². The van der Waals surface area contributed by atoms with Gasteiger partial charge in [-0.1, -0.05) is 30.7 Å². The molecule has 26 heavy (non-hydrogen) atoms. The van der Waals surface area contributed by atoms with Gasteiger partial charge in [-0.3, -0.25) is 9.36 Å². The molecule has 1 aromatic carbocycles. The summed E-state index contributed by atoms with van der Waals surface area (Å²) >= 11 is 7.43. The zero-order chi connectivity index (χ0) is 19.2. The zero-order valence-corrected chi connectivity index (χ0v) is 16.5. The molecule has 136 valence electrons. The molecule has 3 rings (SSSR count). The number of nitrogens with zero attached hydrogens (tertiary/aromatic N) is 2. The van der Waals surface area contributed by atoms with Crippen molar-refractivity contribution < 1.29 is 9.90 Å². The molecule has 0 saturated heterocycles. The van der Waals surface area contributed by atoms with Crippen LogP contribution in [0.2, 0.25) is 5.02 Å². The van der Waals surface area contributed by atoms with Crippen LogP contribution in [0.15, 0.2) is 29.1 Å². The van der Waals surface area contributed by atoms with Crippen molar-refractivity contribution in [2.75, 3.05) is 0 Å². The van der Waals surface area contributed by atoms with Crippen LogP contribution < -0.4 is 5.56 Å². The summed E-state index contributed by atoms with van der Waals surface area (Å²) in [6.07, 6.45) is 0.467. The average molecular weight is 391 g/mol. The van der Waals surface area contributed by atoms with Gasteiger partial charge in [0, 0.05) is 21.9 Å². The number of halogens is 1. The molecule has 2 heterocycles. The smallest absolute Gasteiger partial charge is 0.329 e. The van der Waals surface area contributed by atoms with Crippen molar-refractivity contribution in [1.82, 2.24) is 9.55 Å². The third-order valence-electron chi connectivity index (χ3n) is 4.50. The summed E-state index contributed by atoms with van der Waals surface area (Å²) in [5.74, 6) is -0.603. The fourth-order valence-corrected chi connectivity index (χ4v) is 4.26. The summed E-state index contributed by atoms with van der Waals surface area (Å²) in [7, 11) is 0. The Morgan fingerprint density at radius 3 is 2.46 bits per heavy atom. The number of thiophene rings is 1. The van der Waals surface area contributed by atoms with Crippen LogP contribution in [-0.2, 0) is 16.8 Å². The summed E-state index contributed by atoms with van der Waals surface area (Å²) in [5.41, 5.74) is -0.0669. The number of carbonyl (C=O) groups is 1. The number of fused-ring (bicyclic) bond motifs is 1. The van der Waals surface area contributed by atoms with Crippen LogP contribution in [0.1, 0.15) is 31.5 Å². The van der Waals surface area contributed by atoms with E-state index in [2.05, 4.69) is 4.98 Å². The lowest BCUT2D eigenvalue weighted by Gasteiger charge is -2.25. The van der Waals surface area contributed by atoms with Crippen LogP contribution in [0.3, 0.4) is 0 Å². The molecule has 0 aliphatic heterocycles. The van der Waals surface area contributed by atoms with Gasteiger partial charge in [0.1, 0.15) is 16.2 Å². The summed E-state index contributed by atoms with van der Waals surface area (Å²) in [6, 6.07) is 7.26. The second-order valence-electron chi connectivity index (χ2n) is 6.61. The second-order valence-corrected chi connectivity index (χ2v) is 8.25. The molecule has 0 unspecified atom stereocenters. The van der Waals surface area contributed by atoms with E-state index in [0.717, 1.165) is 16.0 Å². The number of benzene rings is 1. The van der Waals surface area contributed by atoms with Crippen molar-refractivity contribution >= 4 is 39.1 Å². The van der Waals surface area contributed by atoms with Crippen LogP contribution in [0.25, 0.3) is 21.3 Å². The molecule has 5 nitrogen and oxygen atoms in total. The molecule has 0 fully saturated rings. The van der Waals surface area contributed by atoms with Crippen LogP contribution >= 0.6 is 22.9 Å². The number of hydrogen-bond acceptors (Lipinski definition) is 4. The van der Waals surface area contributed by atoms with Gasteiger partial charge in [0.2, 0.25) is 0 Å². The normalized spacial score (nSPS) is 11.9. The molecule has 0 spiro atoms. The lowest BCUT2D eigenvalue weighted by Crippen LogP contribution is -2.44. The first kappa shape index (κ1) is 18.6. The van der Waals surface area contributed by atoms with E-state index in [4.69, 9.17) is 11.6 Å². The molecule has 0 amide bonds. The van der Waals surface area contributed by atoms with E-state index in [9.17, 15) is 14.7 Å². The number of carboxylic acids is 1. The van der Waals surface area contributed by atoms with E-state index in [1.165, 1.54) is 29.8 Å². The lowest BCUT2D eigenvalue weighted by molar-refractivity contribution is -0.146. The van der Waals surface area contributed by atoms with Gasteiger partial charge in [-0.15, -0.1) is 11.3 Å². The number of aliphatic carboxylic acids is 1. The van der Waals surface area contributed by atoms with Crippen molar-refractivity contribution in [2.45, 2.75) is 39.7 Å². The molecule has 3 aromatic rings. The highest BCUT2D eigenvalue weighted by Crippen LogP contribution is 2.36. The molecule has 0 saturated carbocycles. The first-order valence-corrected chi connectivity index (χ1v) is 9.42. The van der Waals surface area contributed by atoms with Crippen LogP contribution in [0.4, 0.5) is 0 Å². The van der Waals surface area contributed by atoms with E-state index < -0.39 is 11.5 Å². The predicted molar refractivity (Wildman–Crippen MR) is 105 cm³/mol. The number of rotatable bonds is 4. The second kappa shape index (κ2) is 6.52. The summed E-state index contributed by atoms with van der Waals surface area (Å²) in [4.78, 5) is 31.4. The van der Waals surface area contributed by atoms with Crippen molar-refractivity contribution in [3.8, 4) is 11.1 Å². The van der Waals surface area contributed by atoms with E-state index in [1.54, 1.807) is 12.1 Å². The lowest BCUT2D eigenvalue weighted by atomic mass is 10.0. The maximum Gasteiger partial charge on any atom is 0.329 e. The molecule has 1 N–H and O–H groups in total. The first-order chi connectivity index (χ1) is 12.2. The van der Waals surface area contributed by atoms with Crippen molar-refractivity contribution in [3.05, 3.63) is 50.3 Å². The van der Waals surface area contributed by atoms with Crippen LogP contribution in [0.5, 0.6) is 0 Å². The van der Waals surface area contributed by atoms with Crippen molar-refractivity contribution in [2.24, 2.45) is 0 Å². The Labute approximate surface area is 159 Å². The van der Waals surface area contributed by atoms with Gasteiger partial charge in [0.05, 0.1) is 5.39 Å². The van der Waals surface area contributed by atoms with Gasteiger partial charge in [0.25, 0.3) is 5.56 Å². The fourth-order valence-electron chi connectivity index (χ4n) is 3.08. The van der Waals surface area contributed by atoms with Gasteiger partial charge in [0.15, 0.2) is 0 Å². The molecule has 0 aliphatic carbocycles. The standard InChI is InChI=1S/C19H19ClN2O3S/c1-5-13-21-16-15(17(23)22(13)19(3,4)18(24)25)14(10(2)26-16)11-6-8-12(20)9-7-11/h6-9H,5H2,1-4H3,(H,24,25). The van der Waals surface area contributed by atoms with E-state index in [-0.39, 0.29) is 5.56 Å². The molecule has 0 radical (unpaired) electrons. The molecular weight excluding hydrogens is 372 g/mol. The number of aromatic nitrogens is 2. The number of carboxylic acid groups (broad SMARTS) is 1. The largest absolute Gasteiger partial charge is 0.480 e. The van der Waals surface area contributed by atoms with Crippen LogP contribution in [0, 0.1) is 6.92 Å². The van der Waals surface area contributed by atoms with Crippen LogP contribution in [-0.4, -0.2) is 20.6 Å². The number of hydrogen-bond donors (Lipinski definition) is 1. The topological polar surface area (TPSA) is 72.2 Å². The monoisotopic (exact) mass is 390 g/mol. The van der Waals surface area contributed by atoms with Gasteiger partial charge in [-0.25, -0.2) is 9.78 Å². The molecule has 0 bridgehead atoms. The summed E-state index contributed by atoms with van der Waals surface area (Å²) in [5, 5.41) is 10.7. The quantitative estimate of drug-likeness (QED) is 0.713. The van der Waals surface area contributed by atoms with Gasteiger partial charge in [-0.05, 0) is 38.5 Å². The van der Waals surface area contributed by atoms with E-state index >= 15 is 0 Å². The SMILES string of the molecule is CCc1nc2sc(C)c(-c3ccc(Cl)cc3)c2c(=O)n1C(C)(C)C(=O)O. The Balaban J connectivity index is 2.44. The molecule has 0 aliphatic rings. The van der Waals surface area contributed by atoms with E-state index in [0.29, 0.717) is 27.5 Å². The Morgan fingerprint density at radius 1 is 1.31 bits per heavy atom. The maximum absolute atomic E-state index is 13.4. The zero-order valence-electron chi connectivity index (χ0n) is 15.0. The minimum Gasteiger partial charge on any atom is -0.480 e. The third-order valence-corrected chi connectivity index (χ3v) is 5.75. The average Bonchev–Trinajstić information content (AvgIpc) is 2.91. The molecule has 0 atom stereocenters. The van der Waals surface area contributed by atoms with Crippen molar-refractivity contribution in [3.63, 3.8) is 0 Å². The molecule has 7 heteroatoms. The Bertz CT molecular complexity index is 1070. The first-order valence-electron chi connectivity index (χ1n) is 8.23. The number of aryl methyl sites for hydroxylation is 2. The Morgan fingerprint density at radius 2 is 1.92 bits per heavy atom. The molecule has 2 aromatic heterocycles. The highest BCUT2D eigenvalue weighted by Gasteiger charge is 2.34. The van der Waals surface area contributed by atoms with Gasteiger partial charge < -0.3 is 5.11 Å². The summed E-state index contributed by atoms with van der Waals surface area (Å²) < 4.78 is 1.31. The predicted octanol–water partition coefficient (Wildman–Crippen LogP) is 4.47. The Hall–Kier alpha value is -2.18. The highest BCUT2D eigenvalue weighted by molar-refractivity contribution is 7.19.